The Bertz CT molecular complexity index is 971. The predicted molar refractivity (Wildman–Crippen MR) is 124 cm³/mol. The summed E-state index contributed by atoms with van der Waals surface area (Å²) in [5.74, 6) is 0.469. The summed E-state index contributed by atoms with van der Waals surface area (Å²) in [6.07, 6.45) is 1.94. The van der Waals surface area contributed by atoms with Gasteiger partial charge in [0, 0.05) is 24.0 Å². The van der Waals surface area contributed by atoms with E-state index in [0.29, 0.717) is 17.9 Å². The number of carbonyl (C=O) groups excluding carboxylic acids is 2. The predicted octanol–water partition coefficient (Wildman–Crippen LogP) is 4.11. The van der Waals surface area contributed by atoms with Crippen LogP contribution in [0.2, 0.25) is 0 Å². The number of hydrogen-bond acceptors (Lipinski definition) is 4. The van der Waals surface area contributed by atoms with E-state index in [1.807, 2.05) is 42.5 Å². The number of nitrogens with one attached hydrogen (secondary N) is 3. The van der Waals surface area contributed by atoms with Crippen molar-refractivity contribution in [3.8, 4) is 5.75 Å². The van der Waals surface area contributed by atoms with Gasteiger partial charge in [-0.1, -0.05) is 30.3 Å². The van der Waals surface area contributed by atoms with Crippen LogP contribution in [0.5, 0.6) is 5.75 Å². The van der Waals surface area contributed by atoms with Crippen LogP contribution in [-0.4, -0.2) is 32.0 Å². The average molecular weight is 418 g/mol. The summed E-state index contributed by atoms with van der Waals surface area (Å²) in [6.45, 7) is 0.789. The van der Waals surface area contributed by atoms with Gasteiger partial charge in [0.2, 0.25) is 5.91 Å². The second kappa shape index (κ2) is 11.4. The van der Waals surface area contributed by atoms with Crippen LogP contribution in [0.4, 0.5) is 11.4 Å². The van der Waals surface area contributed by atoms with Crippen molar-refractivity contribution in [2.75, 3.05) is 30.8 Å². The maximum Gasteiger partial charge on any atom is 0.251 e. The van der Waals surface area contributed by atoms with Crippen LogP contribution in [-0.2, 0) is 11.2 Å². The quantitative estimate of drug-likeness (QED) is 0.434. The highest BCUT2D eigenvalue weighted by Gasteiger charge is 2.05. The van der Waals surface area contributed by atoms with E-state index in [1.165, 1.54) is 5.56 Å². The lowest BCUT2D eigenvalue weighted by Crippen LogP contribution is -2.22. The lowest BCUT2D eigenvalue weighted by molar-refractivity contribution is -0.114. The van der Waals surface area contributed by atoms with Gasteiger partial charge in [0.15, 0.2) is 0 Å². The first-order valence-electron chi connectivity index (χ1n) is 10.3. The van der Waals surface area contributed by atoms with Crippen molar-refractivity contribution < 1.29 is 14.3 Å². The standard InChI is InChI=1S/C25H27N3O3/c1-26-25(30)20-9-11-22(12-10-20)28-24(29)18-27-21-13-15-23(16-14-21)31-17-5-8-19-6-3-2-4-7-19/h2-4,6-7,9-16,27H,5,8,17-18H2,1H3,(H,26,30)(H,28,29). The molecule has 3 aromatic rings. The molecule has 0 saturated carbocycles. The van der Waals surface area contributed by atoms with E-state index in [9.17, 15) is 9.59 Å². The molecule has 0 atom stereocenters. The minimum Gasteiger partial charge on any atom is -0.494 e. The molecule has 31 heavy (non-hydrogen) atoms. The minimum absolute atomic E-state index is 0.133. The van der Waals surface area contributed by atoms with E-state index in [4.69, 9.17) is 4.74 Å². The summed E-state index contributed by atoms with van der Waals surface area (Å²) in [7, 11) is 1.58. The van der Waals surface area contributed by atoms with E-state index in [1.54, 1.807) is 31.3 Å². The molecule has 2 amide bonds. The van der Waals surface area contributed by atoms with E-state index < -0.39 is 0 Å². The molecule has 3 aromatic carbocycles. The number of benzene rings is 3. The van der Waals surface area contributed by atoms with Gasteiger partial charge < -0.3 is 20.7 Å². The Hall–Kier alpha value is -3.80. The molecule has 3 N–H and O–H groups in total. The highest BCUT2D eigenvalue weighted by atomic mass is 16.5. The van der Waals surface area contributed by atoms with Gasteiger partial charge in [-0.2, -0.15) is 0 Å². The first-order chi connectivity index (χ1) is 15.1. The topological polar surface area (TPSA) is 79.5 Å². The minimum atomic E-state index is -0.172. The zero-order valence-corrected chi connectivity index (χ0v) is 17.6. The molecule has 0 unspecified atom stereocenters. The van der Waals surface area contributed by atoms with Gasteiger partial charge in [-0.05, 0) is 66.9 Å². The summed E-state index contributed by atoms with van der Waals surface area (Å²) < 4.78 is 5.79. The monoisotopic (exact) mass is 417 g/mol. The first-order valence-corrected chi connectivity index (χ1v) is 10.3. The van der Waals surface area contributed by atoms with Gasteiger partial charge in [0.1, 0.15) is 5.75 Å². The van der Waals surface area contributed by atoms with Crippen molar-refractivity contribution in [2.24, 2.45) is 0 Å². The third kappa shape index (κ3) is 7.19. The lowest BCUT2D eigenvalue weighted by atomic mass is 10.1. The number of hydrogen-bond donors (Lipinski definition) is 3. The average Bonchev–Trinajstić information content (AvgIpc) is 2.82. The molecule has 6 heteroatoms. The fourth-order valence-electron chi connectivity index (χ4n) is 3.02. The normalized spacial score (nSPS) is 10.2. The molecule has 3 rings (SSSR count). The molecule has 0 aliphatic rings. The number of carbonyl (C=O) groups is 2. The summed E-state index contributed by atoms with van der Waals surface area (Å²) >= 11 is 0. The highest BCUT2D eigenvalue weighted by molar-refractivity contribution is 5.96. The van der Waals surface area contributed by atoms with Crippen molar-refractivity contribution in [3.05, 3.63) is 90.0 Å². The third-order valence-corrected chi connectivity index (χ3v) is 4.69. The van der Waals surface area contributed by atoms with E-state index in [2.05, 4.69) is 28.1 Å². The van der Waals surface area contributed by atoms with E-state index in [-0.39, 0.29) is 18.4 Å². The Balaban J connectivity index is 1.37. The highest BCUT2D eigenvalue weighted by Crippen LogP contribution is 2.16. The third-order valence-electron chi connectivity index (χ3n) is 4.69. The molecular formula is C25H27N3O3. The SMILES string of the molecule is CNC(=O)c1ccc(NC(=O)CNc2ccc(OCCCc3ccccc3)cc2)cc1. The molecule has 0 aromatic heterocycles. The van der Waals surface area contributed by atoms with Crippen LogP contribution in [0.1, 0.15) is 22.3 Å². The fraction of sp³-hybridized carbons (Fsp3) is 0.200. The lowest BCUT2D eigenvalue weighted by Gasteiger charge is -2.10. The first kappa shape index (κ1) is 21.9. The molecule has 0 aliphatic heterocycles. The number of ether oxygens (including phenoxy) is 1. The van der Waals surface area contributed by atoms with Gasteiger partial charge in [-0.25, -0.2) is 0 Å². The Morgan fingerprint density at radius 2 is 1.52 bits per heavy atom. The second-order valence-electron chi connectivity index (χ2n) is 7.02. The molecule has 6 nitrogen and oxygen atoms in total. The molecule has 0 heterocycles. The van der Waals surface area contributed by atoms with Gasteiger partial charge in [-0.15, -0.1) is 0 Å². The Kier molecular flexibility index (Phi) is 8.05. The molecule has 0 bridgehead atoms. The van der Waals surface area contributed by atoms with Crippen LogP contribution >= 0.6 is 0 Å². The van der Waals surface area contributed by atoms with Crippen LogP contribution in [0, 0.1) is 0 Å². The molecular weight excluding hydrogens is 390 g/mol. The van der Waals surface area contributed by atoms with Gasteiger partial charge >= 0.3 is 0 Å². The van der Waals surface area contributed by atoms with Crippen LogP contribution in [0.3, 0.4) is 0 Å². The molecule has 0 fully saturated rings. The van der Waals surface area contributed by atoms with Crippen LogP contribution in [0.25, 0.3) is 0 Å². The Labute approximate surface area is 182 Å². The van der Waals surface area contributed by atoms with Gasteiger partial charge in [0.25, 0.3) is 5.91 Å². The number of amides is 2. The van der Waals surface area contributed by atoms with Gasteiger partial charge in [0.05, 0.1) is 13.2 Å². The Morgan fingerprint density at radius 3 is 2.19 bits per heavy atom. The van der Waals surface area contributed by atoms with Crippen molar-refractivity contribution >= 4 is 23.2 Å². The maximum absolute atomic E-state index is 12.1. The molecule has 160 valence electrons. The van der Waals surface area contributed by atoms with Crippen molar-refractivity contribution in [3.63, 3.8) is 0 Å². The van der Waals surface area contributed by atoms with Gasteiger partial charge in [-0.3, -0.25) is 9.59 Å². The fourth-order valence-corrected chi connectivity index (χ4v) is 3.02. The van der Waals surface area contributed by atoms with E-state index >= 15 is 0 Å². The second-order valence-corrected chi connectivity index (χ2v) is 7.02. The van der Waals surface area contributed by atoms with Crippen molar-refractivity contribution in [1.29, 1.82) is 0 Å². The zero-order chi connectivity index (χ0) is 21.9. The van der Waals surface area contributed by atoms with E-state index in [0.717, 1.165) is 24.3 Å². The number of anilines is 2. The van der Waals surface area contributed by atoms with Crippen LogP contribution < -0.4 is 20.7 Å². The molecule has 0 saturated heterocycles. The van der Waals surface area contributed by atoms with Crippen molar-refractivity contribution in [1.82, 2.24) is 5.32 Å². The molecule has 0 aliphatic carbocycles. The zero-order valence-electron chi connectivity index (χ0n) is 17.6. The summed E-state index contributed by atoms with van der Waals surface area (Å²) in [5.41, 5.74) is 3.33. The Morgan fingerprint density at radius 1 is 0.839 bits per heavy atom. The smallest absolute Gasteiger partial charge is 0.251 e. The number of rotatable bonds is 10. The molecule has 0 radical (unpaired) electrons. The summed E-state index contributed by atoms with van der Waals surface area (Å²) in [6, 6.07) is 24.6. The number of aryl methyl sites for hydroxylation is 1. The largest absolute Gasteiger partial charge is 0.494 e. The summed E-state index contributed by atoms with van der Waals surface area (Å²) in [5, 5.41) is 8.44. The maximum atomic E-state index is 12.1. The molecule has 0 spiro atoms. The van der Waals surface area contributed by atoms with Crippen LogP contribution in [0.15, 0.2) is 78.9 Å². The van der Waals surface area contributed by atoms with Crippen molar-refractivity contribution in [2.45, 2.75) is 12.8 Å². The summed E-state index contributed by atoms with van der Waals surface area (Å²) in [4.78, 5) is 23.7.